The standard InChI is InChI=1S/C10H16N2O2S/c1-6(2)9(15)10(13)12-5-8-11-4-7(3)14-8/h4,6,9,15H,5H2,1-3H3,(H,12,13). The minimum absolute atomic E-state index is 0.0933. The van der Waals surface area contributed by atoms with Crippen molar-refractivity contribution in [3.63, 3.8) is 0 Å². The van der Waals surface area contributed by atoms with E-state index in [0.29, 0.717) is 12.4 Å². The van der Waals surface area contributed by atoms with Gasteiger partial charge in [-0.25, -0.2) is 4.98 Å². The molecule has 0 radical (unpaired) electrons. The normalized spacial score (nSPS) is 12.9. The Hall–Kier alpha value is -0.970. The minimum Gasteiger partial charge on any atom is -0.444 e. The smallest absolute Gasteiger partial charge is 0.233 e. The molecule has 0 spiro atoms. The monoisotopic (exact) mass is 228 g/mol. The molecule has 1 unspecified atom stereocenters. The van der Waals surface area contributed by atoms with Crippen molar-refractivity contribution in [3.05, 3.63) is 17.8 Å². The van der Waals surface area contributed by atoms with Crippen molar-refractivity contribution in [3.8, 4) is 0 Å². The summed E-state index contributed by atoms with van der Waals surface area (Å²) in [5.74, 6) is 1.37. The Morgan fingerprint density at radius 2 is 2.33 bits per heavy atom. The maximum atomic E-state index is 11.5. The molecule has 0 aliphatic heterocycles. The number of hydrogen-bond donors (Lipinski definition) is 2. The van der Waals surface area contributed by atoms with Crippen molar-refractivity contribution in [1.29, 1.82) is 0 Å². The van der Waals surface area contributed by atoms with Crippen LogP contribution in [0.2, 0.25) is 0 Å². The van der Waals surface area contributed by atoms with Gasteiger partial charge in [0.15, 0.2) is 0 Å². The van der Waals surface area contributed by atoms with Gasteiger partial charge in [0.05, 0.1) is 18.0 Å². The molecule has 0 aromatic carbocycles. The zero-order chi connectivity index (χ0) is 11.4. The summed E-state index contributed by atoms with van der Waals surface area (Å²) in [7, 11) is 0. The van der Waals surface area contributed by atoms with Crippen LogP contribution in [0.5, 0.6) is 0 Å². The summed E-state index contributed by atoms with van der Waals surface area (Å²) in [6.45, 7) is 6.03. The number of nitrogens with zero attached hydrogens (tertiary/aromatic N) is 1. The van der Waals surface area contributed by atoms with Gasteiger partial charge in [0.1, 0.15) is 5.76 Å². The molecule has 0 bridgehead atoms. The van der Waals surface area contributed by atoms with Gasteiger partial charge in [-0.3, -0.25) is 4.79 Å². The molecule has 15 heavy (non-hydrogen) atoms. The van der Waals surface area contributed by atoms with Crippen LogP contribution in [0, 0.1) is 12.8 Å². The number of carbonyl (C=O) groups is 1. The van der Waals surface area contributed by atoms with Crippen LogP contribution in [0.25, 0.3) is 0 Å². The predicted octanol–water partition coefficient (Wildman–Crippen LogP) is 1.55. The highest BCUT2D eigenvalue weighted by molar-refractivity contribution is 7.81. The number of amides is 1. The zero-order valence-corrected chi connectivity index (χ0v) is 10.0. The average Bonchev–Trinajstić information content (AvgIpc) is 2.59. The molecular weight excluding hydrogens is 212 g/mol. The number of carbonyl (C=O) groups excluding carboxylic acids is 1. The van der Waals surface area contributed by atoms with Crippen molar-refractivity contribution >= 4 is 18.5 Å². The van der Waals surface area contributed by atoms with E-state index in [0.717, 1.165) is 5.76 Å². The maximum Gasteiger partial charge on any atom is 0.233 e. The molecule has 1 rings (SSSR count). The summed E-state index contributed by atoms with van der Waals surface area (Å²) in [6.07, 6.45) is 1.63. The van der Waals surface area contributed by atoms with E-state index in [-0.39, 0.29) is 17.1 Å². The van der Waals surface area contributed by atoms with E-state index in [1.54, 1.807) is 6.20 Å². The van der Waals surface area contributed by atoms with Gasteiger partial charge in [-0.15, -0.1) is 0 Å². The number of nitrogens with one attached hydrogen (secondary N) is 1. The number of oxazole rings is 1. The third-order valence-corrected chi connectivity index (χ3v) is 2.81. The van der Waals surface area contributed by atoms with Gasteiger partial charge < -0.3 is 9.73 Å². The van der Waals surface area contributed by atoms with Crippen LogP contribution in [-0.2, 0) is 11.3 Å². The quantitative estimate of drug-likeness (QED) is 0.769. The lowest BCUT2D eigenvalue weighted by Gasteiger charge is -2.13. The topological polar surface area (TPSA) is 55.1 Å². The van der Waals surface area contributed by atoms with Crippen LogP contribution in [0.3, 0.4) is 0 Å². The van der Waals surface area contributed by atoms with Crippen molar-refractivity contribution in [2.24, 2.45) is 5.92 Å². The highest BCUT2D eigenvalue weighted by Gasteiger charge is 2.17. The molecule has 5 heteroatoms. The first-order chi connectivity index (χ1) is 7.00. The molecule has 4 nitrogen and oxygen atoms in total. The van der Waals surface area contributed by atoms with Crippen molar-refractivity contribution in [1.82, 2.24) is 10.3 Å². The first-order valence-corrected chi connectivity index (χ1v) is 5.39. The van der Waals surface area contributed by atoms with Gasteiger partial charge in [0.2, 0.25) is 11.8 Å². The second kappa shape index (κ2) is 5.21. The van der Waals surface area contributed by atoms with Crippen LogP contribution in [0.4, 0.5) is 0 Å². The average molecular weight is 228 g/mol. The maximum absolute atomic E-state index is 11.5. The van der Waals surface area contributed by atoms with Gasteiger partial charge in [-0.1, -0.05) is 13.8 Å². The Labute approximate surface area is 94.9 Å². The Bertz CT molecular complexity index is 336. The molecule has 84 valence electrons. The fourth-order valence-electron chi connectivity index (χ4n) is 1.05. The first-order valence-electron chi connectivity index (χ1n) is 4.87. The lowest BCUT2D eigenvalue weighted by molar-refractivity contribution is -0.121. The number of aromatic nitrogens is 1. The summed E-state index contributed by atoms with van der Waals surface area (Å²) < 4.78 is 5.22. The summed E-state index contributed by atoms with van der Waals surface area (Å²) >= 11 is 4.21. The molecule has 1 amide bonds. The van der Waals surface area contributed by atoms with Gasteiger partial charge in [-0.05, 0) is 12.8 Å². The molecule has 1 N–H and O–H groups in total. The summed E-state index contributed by atoms with van der Waals surface area (Å²) in [4.78, 5) is 15.5. The van der Waals surface area contributed by atoms with E-state index in [2.05, 4.69) is 22.9 Å². The third-order valence-electron chi connectivity index (χ3n) is 1.98. The second-order valence-electron chi connectivity index (χ2n) is 3.77. The lowest BCUT2D eigenvalue weighted by Crippen LogP contribution is -2.33. The second-order valence-corrected chi connectivity index (χ2v) is 4.33. The van der Waals surface area contributed by atoms with Crippen LogP contribution in [0.1, 0.15) is 25.5 Å². The highest BCUT2D eigenvalue weighted by Crippen LogP contribution is 2.09. The Morgan fingerprint density at radius 3 is 2.80 bits per heavy atom. The van der Waals surface area contributed by atoms with Crippen molar-refractivity contribution < 1.29 is 9.21 Å². The molecule has 0 saturated heterocycles. The van der Waals surface area contributed by atoms with Crippen LogP contribution < -0.4 is 5.32 Å². The largest absolute Gasteiger partial charge is 0.444 e. The van der Waals surface area contributed by atoms with Gasteiger partial charge in [0, 0.05) is 0 Å². The summed E-state index contributed by atoms with van der Waals surface area (Å²) in [6, 6.07) is 0. The lowest BCUT2D eigenvalue weighted by atomic mass is 10.1. The molecule has 0 aliphatic rings. The van der Waals surface area contributed by atoms with E-state index >= 15 is 0 Å². The number of rotatable bonds is 4. The number of aryl methyl sites for hydroxylation is 1. The predicted molar refractivity (Wildman–Crippen MR) is 60.7 cm³/mol. The molecular formula is C10H16N2O2S. The number of hydrogen-bond acceptors (Lipinski definition) is 4. The summed E-state index contributed by atoms with van der Waals surface area (Å²) in [5.41, 5.74) is 0. The third kappa shape index (κ3) is 3.58. The Balaban J connectivity index is 2.40. The molecule has 1 heterocycles. The fraction of sp³-hybridized carbons (Fsp3) is 0.600. The minimum atomic E-state index is -0.291. The molecule has 0 fully saturated rings. The van der Waals surface area contributed by atoms with Gasteiger partial charge in [-0.2, -0.15) is 12.6 Å². The first kappa shape index (κ1) is 12.1. The molecule has 1 aromatic rings. The zero-order valence-electron chi connectivity index (χ0n) is 9.15. The van der Waals surface area contributed by atoms with E-state index in [9.17, 15) is 4.79 Å². The van der Waals surface area contributed by atoms with Gasteiger partial charge >= 0.3 is 0 Å². The van der Waals surface area contributed by atoms with E-state index in [1.165, 1.54) is 0 Å². The molecule has 0 aliphatic carbocycles. The molecule has 1 aromatic heterocycles. The molecule has 1 atom stereocenters. The van der Waals surface area contributed by atoms with E-state index < -0.39 is 0 Å². The van der Waals surface area contributed by atoms with Crippen molar-refractivity contribution in [2.75, 3.05) is 0 Å². The van der Waals surface area contributed by atoms with Crippen LogP contribution in [0.15, 0.2) is 10.6 Å². The van der Waals surface area contributed by atoms with Gasteiger partial charge in [0.25, 0.3) is 0 Å². The van der Waals surface area contributed by atoms with E-state index in [4.69, 9.17) is 4.42 Å². The SMILES string of the molecule is Cc1cnc(CNC(=O)C(S)C(C)C)o1. The Kier molecular flexibility index (Phi) is 4.20. The molecule has 0 saturated carbocycles. The summed E-state index contributed by atoms with van der Waals surface area (Å²) in [5, 5.41) is 2.43. The van der Waals surface area contributed by atoms with Crippen molar-refractivity contribution in [2.45, 2.75) is 32.6 Å². The highest BCUT2D eigenvalue weighted by atomic mass is 32.1. The van der Waals surface area contributed by atoms with E-state index in [1.807, 2.05) is 20.8 Å². The van der Waals surface area contributed by atoms with Crippen LogP contribution >= 0.6 is 12.6 Å². The fourth-order valence-corrected chi connectivity index (χ4v) is 1.14. The van der Waals surface area contributed by atoms with Crippen LogP contribution in [-0.4, -0.2) is 16.1 Å². The number of thiol groups is 1. The Morgan fingerprint density at radius 1 is 1.67 bits per heavy atom.